The van der Waals surface area contributed by atoms with Crippen molar-refractivity contribution in [2.45, 2.75) is 19.6 Å². The molecule has 0 fully saturated rings. The first-order valence-corrected chi connectivity index (χ1v) is 5.51. The Balaban J connectivity index is 2.18. The van der Waals surface area contributed by atoms with Crippen molar-refractivity contribution in [1.82, 2.24) is 0 Å². The van der Waals surface area contributed by atoms with Gasteiger partial charge in [-0.15, -0.1) is 0 Å². The third kappa shape index (κ3) is 3.07. The quantitative estimate of drug-likeness (QED) is 0.841. The topological polar surface area (TPSA) is 25.2 Å². The summed E-state index contributed by atoms with van der Waals surface area (Å²) in [6.07, 6.45) is -3.03. The van der Waals surface area contributed by atoms with Gasteiger partial charge in [0, 0.05) is 0 Å². The van der Waals surface area contributed by atoms with Gasteiger partial charge >= 0.3 is 6.18 Å². The molecule has 0 radical (unpaired) electrons. The maximum Gasteiger partial charge on any atom is 0.416 e. The Hall–Kier alpha value is -1.98. The van der Waals surface area contributed by atoms with Crippen LogP contribution < -0.4 is 5.32 Å². The molecule has 102 valence electrons. The number of benzene rings is 1. The van der Waals surface area contributed by atoms with Crippen molar-refractivity contribution in [3.05, 3.63) is 53.2 Å². The van der Waals surface area contributed by atoms with Crippen LogP contribution in [-0.2, 0) is 12.7 Å². The fraction of sp³-hybridized carbons (Fsp3) is 0.231. The minimum Gasteiger partial charge on any atom is -0.467 e. The van der Waals surface area contributed by atoms with E-state index in [1.807, 2.05) is 0 Å². The number of nitrogens with one attached hydrogen (secondary N) is 1. The first-order valence-electron chi connectivity index (χ1n) is 5.51. The molecule has 0 amide bonds. The molecule has 1 aromatic heterocycles. The van der Waals surface area contributed by atoms with E-state index in [2.05, 4.69) is 5.32 Å². The zero-order valence-electron chi connectivity index (χ0n) is 10.0. The van der Waals surface area contributed by atoms with Crippen molar-refractivity contribution in [2.24, 2.45) is 0 Å². The van der Waals surface area contributed by atoms with E-state index in [1.165, 1.54) is 6.26 Å². The number of hydrogen-bond acceptors (Lipinski definition) is 2. The van der Waals surface area contributed by atoms with Crippen molar-refractivity contribution in [3.8, 4) is 0 Å². The molecule has 2 rings (SSSR count). The molecule has 0 saturated heterocycles. The molecule has 0 aliphatic heterocycles. The summed E-state index contributed by atoms with van der Waals surface area (Å²) in [6.45, 7) is 1.92. The van der Waals surface area contributed by atoms with Crippen LogP contribution in [0, 0.1) is 12.7 Å². The van der Waals surface area contributed by atoms with E-state index >= 15 is 0 Å². The highest BCUT2D eigenvalue weighted by molar-refractivity contribution is 5.48. The van der Waals surface area contributed by atoms with Crippen molar-refractivity contribution in [3.63, 3.8) is 0 Å². The predicted octanol–water partition coefficient (Wildman–Crippen LogP) is 4.36. The molecule has 0 aliphatic carbocycles. The highest BCUT2D eigenvalue weighted by Crippen LogP contribution is 2.32. The van der Waals surface area contributed by atoms with Crippen LogP contribution >= 0.6 is 0 Å². The number of halogens is 4. The maximum absolute atomic E-state index is 13.4. The molecule has 1 heterocycles. The fourth-order valence-corrected chi connectivity index (χ4v) is 1.60. The number of alkyl halides is 3. The second kappa shape index (κ2) is 4.95. The van der Waals surface area contributed by atoms with Crippen LogP contribution in [0.25, 0.3) is 0 Å². The Labute approximate surface area is 107 Å². The summed E-state index contributed by atoms with van der Waals surface area (Å²) in [5, 5.41) is 2.60. The fourth-order valence-electron chi connectivity index (χ4n) is 1.60. The van der Waals surface area contributed by atoms with Crippen molar-refractivity contribution >= 4 is 5.69 Å². The van der Waals surface area contributed by atoms with Gasteiger partial charge in [0.2, 0.25) is 0 Å². The molecule has 2 aromatic rings. The molecule has 0 atom stereocenters. The summed E-state index contributed by atoms with van der Waals surface area (Å²) in [5.74, 6) is -0.186. The Bertz CT molecular complexity index is 574. The molecule has 0 bridgehead atoms. The smallest absolute Gasteiger partial charge is 0.416 e. The molecule has 1 aromatic carbocycles. The minimum absolute atomic E-state index is 0.122. The average Bonchev–Trinajstić information content (AvgIpc) is 2.72. The van der Waals surface area contributed by atoms with Gasteiger partial charge in [-0.1, -0.05) is 0 Å². The molecule has 19 heavy (non-hydrogen) atoms. The lowest BCUT2D eigenvalue weighted by Gasteiger charge is -2.11. The van der Waals surface area contributed by atoms with Crippen molar-refractivity contribution in [1.29, 1.82) is 0 Å². The van der Waals surface area contributed by atoms with Crippen molar-refractivity contribution in [2.75, 3.05) is 5.32 Å². The molecule has 0 unspecified atom stereocenters. The van der Waals surface area contributed by atoms with Crippen LogP contribution in [0.15, 0.2) is 34.9 Å². The molecular formula is C13H11F4NO. The standard InChI is InChI=1S/C13H11F4NO/c1-8-4-5-19-12(8)7-18-11-6-9(13(15,16)17)2-3-10(11)14/h2-6,18H,7H2,1H3. The number of furan rings is 1. The third-order valence-electron chi connectivity index (χ3n) is 2.70. The Kier molecular flexibility index (Phi) is 3.50. The van der Waals surface area contributed by atoms with Gasteiger partial charge in [-0.3, -0.25) is 0 Å². The molecule has 2 nitrogen and oxygen atoms in total. The molecule has 1 N–H and O–H groups in total. The predicted molar refractivity (Wildman–Crippen MR) is 62.2 cm³/mol. The Morgan fingerprint density at radius 3 is 2.53 bits per heavy atom. The highest BCUT2D eigenvalue weighted by Gasteiger charge is 2.31. The first kappa shape index (κ1) is 13.5. The summed E-state index contributed by atoms with van der Waals surface area (Å²) in [7, 11) is 0. The zero-order valence-corrected chi connectivity index (χ0v) is 10.0. The number of anilines is 1. The lowest BCUT2D eigenvalue weighted by atomic mass is 10.2. The van der Waals surface area contributed by atoms with E-state index in [0.717, 1.165) is 17.7 Å². The largest absolute Gasteiger partial charge is 0.467 e. The molecule has 0 saturated carbocycles. The zero-order chi connectivity index (χ0) is 14.0. The lowest BCUT2D eigenvalue weighted by molar-refractivity contribution is -0.137. The van der Waals surface area contributed by atoms with Gasteiger partial charge in [0.25, 0.3) is 0 Å². The van der Waals surface area contributed by atoms with Crippen LogP contribution in [0.1, 0.15) is 16.9 Å². The summed E-state index contributed by atoms with van der Waals surface area (Å²) >= 11 is 0. The summed E-state index contributed by atoms with van der Waals surface area (Å²) in [6, 6.07) is 3.96. The van der Waals surface area contributed by atoms with E-state index in [1.54, 1.807) is 13.0 Å². The minimum atomic E-state index is -4.50. The van der Waals surface area contributed by atoms with Gasteiger partial charge in [0.15, 0.2) is 0 Å². The SMILES string of the molecule is Cc1ccoc1CNc1cc(C(F)(F)F)ccc1F. The number of rotatable bonds is 3. The van der Waals surface area contributed by atoms with E-state index in [4.69, 9.17) is 4.42 Å². The van der Waals surface area contributed by atoms with E-state index in [0.29, 0.717) is 11.8 Å². The Morgan fingerprint density at radius 2 is 1.95 bits per heavy atom. The van der Waals surface area contributed by atoms with Crippen LogP contribution in [0.5, 0.6) is 0 Å². The van der Waals surface area contributed by atoms with Crippen LogP contribution in [-0.4, -0.2) is 0 Å². The number of hydrogen-bond donors (Lipinski definition) is 1. The van der Waals surface area contributed by atoms with Crippen molar-refractivity contribution < 1.29 is 22.0 Å². The third-order valence-corrected chi connectivity index (χ3v) is 2.70. The molecule has 0 aliphatic rings. The molecule has 0 spiro atoms. The Morgan fingerprint density at radius 1 is 1.21 bits per heavy atom. The highest BCUT2D eigenvalue weighted by atomic mass is 19.4. The summed E-state index contributed by atoms with van der Waals surface area (Å²) in [4.78, 5) is 0. The monoisotopic (exact) mass is 273 g/mol. The number of aryl methyl sites for hydroxylation is 1. The van der Waals surface area contributed by atoms with Gasteiger partial charge in [0.1, 0.15) is 11.6 Å². The van der Waals surface area contributed by atoms with Gasteiger partial charge < -0.3 is 9.73 Å². The second-order valence-corrected chi connectivity index (χ2v) is 4.07. The van der Waals surface area contributed by atoms with Gasteiger partial charge in [-0.25, -0.2) is 4.39 Å². The first-order chi connectivity index (χ1) is 8.88. The van der Waals surface area contributed by atoms with Crippen LogP contribution in [0.2, 0.25) is 0 Å². The van der Waals surface area contributed by atoms with Gasteiger partial charge in [-0.05, 0) is 36.8 Å². The van der Waals surface area contributed by atoms with E-state index < -0.39 is 17.6 Å². The molecular weight excluding hydrogens is 262 g/mol. The summed E-state index contributed by atoms with van der Waals surface area (Å²) in [5.41, 5.74) is -0.252. The van der Waals surface area contributed by atoms with Crippen LogP contribution in [0.3, 0.4) is 0 Å². The van der Waals surface area contributed by atoms with Gasteiger partial charge in [0.05, 0.1) is 24.1 Å². The van der Waals surface area contributed by atoms with E-state index in [9.17, 15) is 17.6 Å². The maximum atomic E-state index is 13.4. The average molecular weight is 273 g/mol. The normalized spacial score (nSPS) is 11.6. The second-order valence-electron chi connectivity index (χ2n) is 4.07. The van der Waals surface area contributed by atoms with Gasteiger partial charge in [-0.2, -0.15) is 13.2 Å². The lowest BCUT2D eigenvalue weighted by Crippen LogP contribution is -2.08. The van der Waals surface area contributed by atoms with Crippen LogP contribution in [0.4, 0.5) is 23.2 Å². The van der Waals surface area contributed by atoms with E-state index in [-0.39, 0.29) is 12.2 Å². The molecule has 6 heteroatoms. The summed E-state index contributed by atoms with van der Waals surface area (Å²) < 4.78 is 56.1.